The molecular weight excluding hydrogens is 348 g/mol. The maximum absolute atomic E-state index is 13.3. The van der Waals surface area contributed by atoms with Crippen molar-refractivity contribution >= 4 is 11.6 Å². The molecule has 2 aliphatic heterocycles. The summed E-state index contributed by atoms with van der Waals surface area (Å²) in [4.78, 5) is 16.0. The number of likely N-dealkylation sites (tertiary alicyclic amines) is 1. The highest BCUT2D eigenvalue weighted by molar-refractivity contribution is 5.76. The van der Waals surface area contributed by atoms with Crippen LogP contribution in [0.3, 0.4) is 0 Å². The minimum atomic E-state index is -4.30. The first kappa shape index (κ1) is 19.0. The largest absolute Gasteiger partial charge is 0.389 e. The van der Waals surface area contributed by atoms with E-state index in [2.05, 4.69) is 18.7 Å². The Morgan fingerprint density at radius 3 is 2.50 bits per heavy atom. The van der Waals surface area contributed by atoms with Gasteiger partial charge in [-0.25, -0.2) is 4.39 Å². The number of anilines is 1. The molecule has 0 radical (unpaired) electrons. The Labute approximate surface area is 151 Å². The van der Waals surface area contributed by atoms with E-state index in [-0.39, 0.29) is 23.3 Å². The molecule has 26 heavy (non-hydrogen) atoms. The lowest BCUT2D eigenvalue weighted by Gasteiger charge is -2.42. The van der Waals surface area contributed by atoms with Gasteiger partial charge in [0.15, 0.2) is 0 Å². The Kier molecular flexibility index (Phi) is 4.92. The van der Waals surface area contributed by atoms with Crippen molar-refractivity contribution < 1.29 is 22.4 Å². The summed E-state index contributed by atoms with van der Waals surface area (Å²) in [6, 6.07) is 6.62. The second-order valence-corrected chi connectivity index (χ2v) is 7.93. The number of hydrogen-bond acceptors (Lipinski definition) is 2. The van der Waals surface area contributed by atoms with Gasteiger partial charge in [-0.05, 0) is 56.9 Å². The van der Waals surface area contributed by atoms with Gasteiger partial charge >= 0.3 is 6.18 Å². The smallest absolute Gasteiger partial charge is 0.363 e. The molecule has 7 heteroatoms. The van der Waals surface area contributed by atoms with Gasteiger partial charge in [-0.3, -0.25) is 4.79 Å². The molecule has 144 valence electrons. The number of piperidine rings is 1. The Balaban J connectivity index is 1.70. The summed E-state index contributed by atoms with van der Waals surface area (Å²) < 4.78 is 50.3. The summed E-state index contributed by atoms with van der Waals surface area (Å²) >= 11 is 0. The Morgan fingerprint density at radius 2 is 1.88 bits per heavy atom. The van der Waals surface area contributed by atoms with E-state index in [1.807, 2.05) is 0 Å². The number of amides is 1. The number of carbonyl (C=O) groups excluding carboxylic acids is 1. The van der Waals surface area contributed by atoms with E-state index in [0.29, 0.717) is 19.5 Å². The standard InChI is InChI=1S/C19H24F4N2O/c1-18(2)11-13-12-24(17(26)7-9-19(21,22)23)10-8-16(13)25(18)15-5-3-14(20)4-6-15/h3-6,13,16H,7-12H2,1-2H3/t13-,16+/m1/s1. The van der Waals surface area contributed by atoms with Gasteiger partial charge in [0.2, 0.25) is 5.91 Å². The van der Waals surface area contributed by atoms with Crippen LogP contribution >= 0.6 is 0 Å². The number of carbonyl (C=O) groups is 1. The molecule has 2 heterocycles. The molecule has 3 nitrogen and oxygen atoms in total. The topological polar surface area (TPSA) is 23.6 Å². The van der Waals surface area contributed by atoms with Crippen molar-refractivity contribution in [2.24, 2.45) is 5.92 Å². The van der Waals surface area contributed by atoms with Crippen LogP contribution in [0.5, 0.6) is 0 Å². The van der Waals surface area contributed by atoms with Crippen molar-refractivity contribution in [1.29, 1.82) is 0 Å². The van der Waals surface area contributed by atoms with Crippen molar-refractivity contribution in [2.75, 3.05) is 18.0 Å². The maximum atomic E-state index is 13.3. The van der Waals surface area contributed by atoms with Crippen molar-refractivity contribution in [1.82, 2.24) is 4.90 Å². The van der Waals surface area contributed by atoms with Gasteiger partial charge in [0.1, 0.15) is 5.82 Å². The number of halogens is 4. The number of nitrogens with zero attached hydrogens (tertiary/aromatic N) is 2. The molecule has 1 amide bonds. The van der Waals surface area contributed by atoms with Gasteiger partial charge in [0.05, 0.1) is 6.42 Å². The normalized spacial score (nSPS) is 25.3. The van der Waals surface area contributed by atoms with Crippen LogP contribution in [0.25, 0.3) is 0 Å². The molecule has 2 saturated heterocycles. The van der Waals surface area contributed by atoms with Crippen LogP contribution in [-0.2, 0) is 4.79 Å². The van der Waals surface area contributed by atoms with Gasteiger partial charge < -0.3 is 9.80 Å². The first-order chi connectivity index (χ1) is 12.1. The van der Waals surface area contributed by atoms with Crippen LogP contribution in [0, 0.1) is 11.7 Å². The summed E-state index contributed by atoms with van der Waals surface area (Å²) in [6.45, 7) is 5.18. The van der Waals surface area contributed by atoms with E-state index in [9.17, 15) is 22.4 Å². The lowest BCUT2D eigenvalue weighted by Crippen LogP contribution is -2.50. The lowest BCUT2D eigenvalue weighted by molar-refractivity contribution is -0.150. The Morgan fingerprint density at radius 1 is 1.23 bits per heavy atom. The number of rotatable bonds is 3. The maximum Gasteiger partial charge on any atom is 0.389 e. The highest BCUT2D eigenvalue weighted by Crippen LogP contribution is 2.44. The highest BCUT2D eigenvalue weighted by atomic mass is 19.4. The van der Waals surface area contributed by atoms with Crippen LogP contribution in [0.4, 0.5) is 23.2 Å². The van der Waals surface area contributed by atoms with Crippen LogP contribution in [0.15, 0.2) is 24.3 Å². The minimum Gasteiger partial charge on any atom is -0.363 e. The highest BCUT2D eigenvalue weighted by Gasteiger charge is 2.48. The number of benzene rings is 1. The van der Waals surface area contributed by atoms with Crippen molar-refractivity contribution in [3.63, 3.8) is 0 Å². The Hall–Kier alpha value is -1.79. The molecule has 0 aliphatic carbocycles. The second-order valence-electron chi connectivity index (χ2n) is 7.93. The molecule has 0 saturated carbocycles. The minimum absolute atomic E-state index is 0.155. The molecule has 0 spiro atoms. The third-order valence-electron chi connectivity index (χ3n) is 5.52. The molecule has 0 aromatic heterocycles. The average molecular weight is 372 g/mol. The number of hydrogen-bond donors (Lipinski definition) is 0. The third kappa shape index (κ3) is 3.96. The molecule has 1 aromatic rings. The number of alkyl halides is 3. The zero-order chi connectivity index (χ0) is 19.1. The monoisotopic (exact) mass is 372 g/mol. The summed E-state index contributed by atoms with van der Waals surface area (Å²) in [7, 11) is 0. The van der Waals surface area contributed by atoms with E-state index < -0.39 is 24.9 Å². The summed E-state index contributed by atoms with van der Waals surface area (Å²) in [5.74, 6) is -0.496. The van der Waals surface area contributed by atoms with Gasteiger partial charge in [-0.1, -0.05) is 0 Å². The SMILES string of the molecule is CC1(C)C[C@@H]2CN(C(=O)CCC(F)(F)F)CC[C@@H]2N1c1ccc(F)cc1. The third-order valence-corrected chi connectivity index (χ3v) is 5.52. The average Bonchev–Trinajstić information content (AvgIpc) is 2.81. The molecule has 0 bridgehead atoms. The zero-order valence-corrected chi connectivity index (χ0v) is 15.0. The number of fused-ring (bicyclic) bond motifs is 1. The fraction of sp³-hybridized carbons (Fsp3) is 0.632. The second kappa shape index (κ2) is 6.74. The molecule has 0 unspecified atom stereocenters. The molecule has 2 aliphatic rings. The van der Waals surface area contributed by atoms with Crippen LogP contribution in [0.2, 0.25) is 0 Å². The first-order valence-corrected chi connectivity index (χ1v) is 8.96. The zero-order valence-electron chi connectivity index (χ0n) is 15.0. The summed E-state index contributed by atoms with van der Waals surface area (Å²) in [5, 5.41) is 0. The predicted octanol–water partition coefficient (Wildman–Crippen LogP) is 4.37. The molecule has 1 aromatic carbocycles. The molecule has 2 atom stereocenters. The van der Waals surface area contributed by atoms with Crippen LogP contribution < -0.4 is 4.90 Å². The van der Waals surface area contributed by atoms with Crippen molar-refractivity contribution in [3.8, 4) is 0 Å². The van der Waals surface area contributed by atoms with Gasteiger partial charge in [-0.15, -0.1) is 0 Å². The van der Waals surface area contributed by atoms with E-state index in [0.717, 1.165) is 12.1 Å². The van der Waals surface area contributed by atoms with E-state index >= 15 is 0 Å². The quantitative estimate of drug-likeness (QED) is 0.736. The van der Waals surface area contributed by atoms with Gasteiger partial charge in [-0.2, -0.15) is 13.2 Å². The molecule has 2 fully saturated rings. The lowest BCUT2D eigenvalue weighted by atomic mass is 9.89. The molecular formula is C19H24F4N2O. The van der Waals surface area contributed by atoms with Crippen molar-refractivity contribution in [2.45, 2.75) is 57.3 Å². The molecule has 3 rings (SSSR count). The van der Waals surface area contributed by atoms with Gasteiger partial charge in [0, 0.05) is 36.8 Å². The van der Waals surface area contributed by atoms with E-state index in [4.69, 9.17) is 0 Å². The summed E-state index contributed by atoms with van der Waals surface area (Å²) in [6.07, 6.45) is -4.29. The molecule has 0 N–H and O–H groups in total. The first-order valence-electron chi connectivity index (χ1n) is 8.96. The fourth-order valence-corrected chi connectivity index (χ4v) is 4.53. The van der Waals surface area contributed by atoms with E-state index in [1.165, 1.54) is 12.1 Å². The van der Waals surface area contributed by atoms with Crippen molar-refractivity contribution in [3.05, 3.63) is 30.1 Å². The van der Waals surface area contributed by atoms with Crippen LogP contribution in [-0.4, -0.2) is 41.7 Å². The Bertz CT molecular complexity index is 656. The predicted molar refractivity (Wildman–Crippen MR) is 91.3 cm³/mol. The fourth-order valence-electron chi connectivity index (χ4n) is 4.53. The summed E-state index contributed by atoms with van der Waals surface area (Å²) in [5.41, 5.74) is 0.791. The van der Waals surface area contributed by atoms with E-state index in [1.54, 1.807) is 17.0 Å². The van der Waals surface area contributed by atoms with Crippen LogP contribution in [0.1, 0.15) is 39.5 Å². The van der Waals surface area contributed by atoms with Gasteiger partial charge in [0.25, 0.3) is 0 Å².